The zero-order chi connectivity index (χ0) is 15.5. The molecule has 1 aliphatic carbocycles. The minimum atomic E-state index is -3.44. The van der Waals surface area contributed by atoms with Crippen molar-refractivity contribution in [3.05, 3.63) is 29.3 Å². The fourth-order valence-corrected chi connectivity index (χ4v) is 4.58. The van der Waals surface area contributed by atoms with Crippen molar-refractivity contribution in [3.8, 4) is 0 Å². The molecule has 3 N–H and O–H groups in total. The molecule has 2 rings (SSSR count). The van der Waals surface area contributed by atoms with Crippen LogP contribution in [0, 0.1) is 25.7 Å². The summed E-state index contributed by atoms with van der Waals surface area (Å²) in [4.78, 5) is 0.391. The van der Waals surface area contributed by atoms with Crippen molar-refractivity contribution in [2.75, 3.05) is 13.1 Å². The maximum Gasteiger partial charge on any atom is 0.240 e. The van der Waals surface area contributed by atoms with Crippen LogP contribution in [0.15, 0.2) is 23.1 Å². The lowest BCUT2D eigenvalue weighted by atomic mass is 9.79. The van der Waals surface area contributed by atoms with Crippen LogP contribution in [-0.2, 0) is 10.0 Å². The Morgan fingerprint density at radius 2 is 1.86 bits per heavy atom. The summed E-state index contributed by atoms with van der Waals surface area (Å²) in [6.45, 7) is 4.88. The number of rotatable bonds is 5. The molecule has 0 aliphatic heterocycles. The molecule has 2 unspecified atom stereocenters. The van der Waals surface area contributed by atoms with Crippen LogP contribution in [0.2, 0.25) is 0 Å². The minimum absolute atomic E-state index is 0.364. The van der Waals surface area contributed by atoms with E-state index in [1.54, 1.807) is 6.07 Å². The Hall–Kier alpha value is -0.910. The van der Waals surface area contributed by atoms with Gasteiger partial charge in [-0.3, -0.25) is 0 Å². The second kappa shape index (κ2) is 6.90. The molecule has 0 bridgehead atoms. The second-order valence-electron chi connectivity index (χ2n) is 6.16. The Kier molecular flexibility index (Phi) is 5.41. The van der Waals surface area contributed by atoms with Crippen LogP contribution in [0.3, 0.4) is 0 Å². The van der Waals surface area contributed by atoms with Crippen molar-refractivity contribution in [1.82, 2.24) is 4.72 Å². The van der Waals surface area contributed by atoms with Crippen molar-refractivity contribution in [2.24, 2.45) is 17.6 Å². The molecule has 1 fully saturated rings. The summed E-state index contributed by atoms with van der Waals surface area (Å²) in [5, 5.41) is 0. The quantitative estimate of drug-likeness (QED) is 0.877. The van der Waals surface area contributed by atoms with Crippen LogP contribution >= 0.6 is 0 Å². The molecule has 0 radical (unpaired) electrons. The predicted octanol–water partition coefficient (Wildman–Crippen LogP) is 2.35. The molecule has 1 aromatic rings. The first kappa shape index (κ1) is 16.5. The zero-order valence-electron chi connectivity index (χ0n) is 12.9. The first-order valence-electron chi connectivity index (χ1n) is 7.71. The van der Waals surface area contributed by atoms with Crippen LogP contribution in [-0.4, -0.2) is 21.5 Å². The summed E-state index contributed by atoms with van der Waals surface area (Å²) in [5.74, 6) is 0.809. The van der Waals surface area contributed by atoms with Crippen molar-refractivity contribution < 1.29 is 8.42 Å². The highest BCUT2D eigenvalue weighted by Gasteiger charge is 2.26. The number of nitrogens with two attached hydrogens (primary N) is 1. The van der Waals surface area contributed by atoms with Gasteiger partial charge in [-0.2, -0.15) is 0 Å². The van der Waals surface area contributed by atoms with Gasteiger partial charge in [0.05, 0.1) is 4.90 Å². The Labute approximate surface area is 128 Å². The number of hydrogen-bond donors (Lipinski definition) is 2. The van der Waals surface area contributed by atoms with Crippen molar-refractivity contribution in [1.29, 1.82) is 0 Å². The van der Waals surface area contributed by atoms with Crippen LogP contribution in [0.4, 0.5) is 0 Å². The summed E-state index contributed by atoms with van der Waals surface area (Å²) in [5.41, 5.74) is 7.55. The van der Waals surface area contributed by atoms with E-state index in [4.69, 9.17) is 5.73 Å². The predicted molar refractivity (Wildman–Crippen MR) is 85.6 cm³/mol. The highest BCUT2D eigenvalue weighted by atomic mass is 32.2. The monoisotopic (exact) mass is 310 g/mol. The molecule has 4 nitrogen and oxygen atoms in total. The number of nitrogens with one attached hydrogen (secondary N) is 1. The average molecular weight is 310 g/mol. The standard InChI is InChI=1S/C16H26N2O2S/c1-12-7-8-13(2)16(9-12)21(19,20)18-11-15-6-4-3-5-14(15)10-17/h7-9,14-15,18H,3-6,10-11,17H2,1-2H3. The van der Waals surface area contributed by atoms with Gasteiger partial charge in [0.15, 0.2) is 0 Å². The topological polar surface area (TPSA) is 72.2 Å². The van der Waals surface area contributed by atoms with E-state index in [9.17, 15) is 8.42 Å². The van der Waals surface area contributed by atoms with Gasteiger partial charge in [-0.1, -0.05) is 25.0 Å². The average Bonchev–Trinajstić information content (AvgIpc) is 2.48. The van der Waals surface area contributed by atoms with Gasteiger partial charge in [0.25, 0.3) is 0 Å². The van der Waals surface area contributed by atoms with E-state index in [0.29, 0.717) is 29.8 Å². The molecule has 0 amide bonds. The molecule has 0 saturated heterocycles. The molecule has 0 heterocycles. The smallest absolute Gasteiger partial charge is 0.240 e. The SMILES string of the molecule is Cc1ccc(C)c(S(=O)(=O)NCC2CCCCC2CN)c1. The number of hydrogen-bond acceptors (Lipinski definition) is 3. The van der Waals surface area contributed by atoms with E-state index in [2.05, 4.69) is 4.72 Å². The van der Waals surface area contributed by atoms with E-state index in [1.807, 2.05) is 26.0 Å². The molecule has 1 saturated carbocycles. The molecular weight excluding hydrogens is 284 g/mol. The van der Waals surface area contributed by atoms with E-state index in [-0.39, 0.29) is 0 Å². The second-order valence-corrected chi connectivity index (χ2v) is 7.90. The highest BCUT2D eigenvalue weighted by molar-refractivity contribution is 7.89. The third kappa shape index (κ3) is 4.05. The number of aryl methyl sites for hydroxylation is 2. The Morgan fingerprint density at radius 3 is 2.52 bits per heavy atom. The van der Waals surface area contributed by atoms with Gasteiger partial charge < -0.3 is 5.73 Å². The maximum atomic E-state index is 12.5. The fraction of sp³-hybridized carbons (Fsp3) is 0.625. The molecule has 1 aliphatic rings. The lowest BCUT2D eigenvalue weighted by Gasteiger charge is -2.30. The van der Waals surface area contributed by atoms with Crippen LogP contribution in [0.1, 0.15) is 36.8 Å². The molecule has 0 aromatic heterocycles. The van der Waals surface area contributed by atoms with Gasteiger partial charge in [-0.15, -0.1) is 0 Å². The Morgan fingerprint density at radius 1 is 1.19 bits per heavy atom. The third-order valence-electron chi connectivity index (χ3n) is 4.54. The van der Waals surface area contributed by atoms with Crippen LogP contribution in [0.5, 0.6) is 0 Å². The van der Waals surface area contributed by atoms with E-state index < -0.39 is 10.0 Å². The van der Waals surface area contributed by atoms with Gasteiger partial charge in [0, 0.05) is 6.54 Å². The summed E-state index contributed by atoms with van der Waals surface area (Å²) in [6.07, 6.45) is 4.57. The summed E-state index contributed by atoms with van der Waals surface area (Å²) in [7, 11) is -3.44. The highest BCUT2D eigenvalue weighted by Crippen LogP contribution is 2.29. The third-order valence-corrected chi connectivity index (χ3v) is 6.10. The van der Waals surface area contributed by atoms with Gasteiger partial charge in [-0.25, -0.2) is 13.1 Å². The minimum Gasteiger partial charge on any atom is -0.330 e. The van der Waals surface area contributed by atoms with Gasteiger partial charge in [0.1, 0.15) is 0 Å². The van der Waals surface area contributed by atoms with Crippen LogP contribution < -0.4 is 10.5 Å². The molecule has 2 atom stereocenters. The maximum absolute atomic E-state index is 12.5. The molecule has 5 heteroatoms. The molecule has 21 heavy (non-hydrogen) atoms. The Bertz CT molecular complexity index is 584. The number of benzene rings is 1. The first-order valence-corrected chi connectivity index (χ1v) is 9.19. The fourth-order valence-electron chi connectivity index (χ4n) is 3.15. The Balaban J connectivity index is 2.09. The van der Waals surface area contributed by atoms with Crippen LogP contribution in [0.25, 0.3) is 0 Å². The van der Waals surface area contributed by atoms with Crippen molar-refractivity contribution in [3.63, 3.8) is 0 Å². The van der Waals surface area contributed by atoms with E-state index in [1.165, 1.54) is 12.8 Å². The van der Waals surface area contributed by atoms with Crippen molar-refractivity contribution >= 4 is 10.0 Å². The lowest BCUT2D eigenvalue weighted by Crippen LogP contribution is -2.37. The molecule has 118 valence electrons. The summed E-state index contributed by atoms with van der Waals surface area (Å²) in [6, 6.07) is 5.52. The number of sulfonamides is 1. The van der Waals surface area contributed by atoms with Gasteiger partial charge >= 0.3 is 0 Å². The van der Waals surface area contributed by atoms with Crippen molar-refractivity contribution in [2.45, 2.75) is 44.4 Å². The zero-order valence-corrected chi connectivity index (χ0v) is 13.7. The first-order chi connectivity index (χ1) is 9.94. The normalized spacial score (nSPS) is 23.2. The molecular formula is C16H26N2O2S. The van der Waals surface area contributed by atoms with Gasteiger partial charge in [-0.05, 0) is 62.3 Å². The summed E-state index contributed by atoms with van der Waals surface area (Å²) >= 11 is 0. The van der Waals surface area contributed by atoms with E-state index >= 15 is 0 Å². The van der Waals surface area contributed by atoms with E-state index in [0.717, 1.165) is 24.0 Å². The molecule has 1 aromatic carbocycles. The summed E-state index contributed by atoms with van der Waals surface area (Å²) < 4.78 is 27.8. The molecule has 0 spiro atoms. The van der Waals surface area contributed by atoms with Gasteiger partial charge in [0.2, 0.25) is 10.0 Å². The largest absolute Gasteiger partial charge is 0.330 e. The lowest BCUT2D eigenvalue weighted by molar-refractivity contribution is 0.244.